The largest absolute Gasteiger partial charge is 0.387 e. The van der Waals surface area contributed by atoms with Gasteiger partial charge < -0.3 is 5.11 Å². The van der Waals surface area contributed by atoms with Crippen molar-refractivity contribution in [3.05, 3.63) is 77.2 Å². The van der Waals surface area contributed by atoms with Crippen LogP contribution in [-0.4, -0.2) is 55.5 Å². The molecule has 1 atom stereocenters. The lowest BCUT2D eigenvalue weighted by atomic mass is 10.1. The average molecular weight is 372 g/mol. The van der Waals surface area contributed by atoms with Gasteiger partial charge in [-0.1, -0.05) is 60.7 Å². The lowest BCUT2D eigenvalue weighted by Gasteiger charge is -2.34. The van der Waals surface area contributed by atoms with E-state index >= 15 is 0 Å². The highest BCUT2D eigenvalue weighted by molar-refractivity contribution is 7.92. The molecule has 1 N–H and O–H groups in total. The zero-order valence-corrected chi connectivity index (χ0v) is 15.4. The summed E-state index contributed by atoms with van der Waals surface area (Å²) in [7, 11) is -3.42. The van der Waals surface area contributed by atoms with Gasteiger partial charge in [-0.2, -0.15) is 4.31 Å². The standard InChI is InChI=1S/C20H24N2O3S/c23-20(19-9-5-2-6-10-19)17-21-12-14-22(15-13-21)26(24,25)16-11-18-7-3-1-4-8-18/h1-11,16,20,23H,12-15,17H2/b16-11+/t20-/m1/s1. The summed E-state index contributed by atoms with van der Waals surface area (Å²) in [4.78, 5) is 2.10. The maximum Gasteiger partial charge on any atom is 0.236 e. The molecule has 0 bridgehead atoms. The number of piperazine rings is 1. The fourth-order valence-corrected chi connectivity index (χ4v) is 4.18. The van der Waals surface area contributed by atoms with Crippen molar-refractivity contribution in [2.45, 2.75) is 6.10 Å². The fraction of sp³-hybridized carbons (Fsp3) is 0.300. The van der Waals surface area contributed by atoms with Crippen LogP contribution in [0, 0.1) is 0 Å². The Kier molecular flexibility index (Phi) is 6.21. The third kappa shape index (κ3) is 5.02. The summed E-state index contributed by atoms with van der Waals surface area (Å²) in [6, 6.07) is 18.9. The van der Waals surface area contributed by atoms with Crippen LogP contribution in [-0.2, 0) is 10.0 Å². The maximum absolute atomic E-state index is 12.5. The summed E-state index contributed by atoms with van der Waals surface area (Å²) in [5.74, 6) is 0. The molecule has 26 heavy (non-hydrogen) atoms. The number of hydrogen-bond acceptors (Lipinski definition) is 4. The van der Waals surface area contributed by atoms with Gasteiger partial charge in [-0.25, -0.2) is 8.42 Å². The number of nitrogens with zero attached hydrogens (tertiary/aromatic N) is 2. The van der Waals surface area contributed by atoms with Crippen LogP contribution in [0.2, 0.25) is 0 Å². The monoisotopic (exact) mass is 372 g/mol. The van der Waals surface area contributed by atoms with E-state index in [9.17, 15) is 13.5 Å². The van der Waals surface area contributed by atoms with Gasteiger partial charge in [0, 0.05) is 38.1 Å². The second-order valence-electron chi connectivity index (χ2n) is 6.38. The minimum Gasteiger partial charge on any atom is -0.387 e. The molecular formula is C20H24N2O3S. The van der Waals surface area contributed by atoms with Gasteiger partial charge >= 0.3 is 0 Å². The first-order chi connectivity index (χ1) is 12.5. The van der Waals surface area contributed by atoms with Crippen molar-refractivity contribution in [3.8, 4) is 0 Å². The minimum absolute atomic E-state index is 0.434. The lowest BCUT2D eigenvalue weighted by Crippen LogP contribution is -2.49. The average Bonchev–Trinajstić information content (AvgIpc) is 2.68. The Bertz CT molecular complexity index is 815. The second-order valence-corrected chi connectivity index (χ2v) is 8.20. The van der Waals surface area contributed by atoms with Crippen molar-refractivity contribution in [2.75, 3.05) is 32.7 Å². The SMILES string of the molecule is O=S(=O)(/C=C/c1ccccc1)N1CCN(C[C@@H](O)c2ccccc2)CC1. The van der Waals surface area contributed by atoms with Crippen LogP contribution in [0.1, 0.15) is 17.2 Å². The van der Waals surface area contributed by atoms with E-state index in [2.05, 4.69) is 4.90 Å². The van der Waals surface area contributed by atoms with Gasteiger partial charge in [0.1, 0.15) is 0 Å². The van der Waals surface area contributed by atoms with Crippen LogP contribution < -0.4 is 0 Å². The van der Waals surface area contributed by atoms with Crippen molar-refractivity contribution >= 4 is 16.1 Å². The quantitative estimate of drug-likeness (QED) is 0.846. The van der Waals surface area contributed by atoms with Gasteiger partial charge in [0.25, 0.3) is 0 Å². The molecule has 138 valence electrons. The van der Waals surface area contributed by atoms with Crippen LogP contribution in [0.5, 0.6) is 0 Å². The van der Waals surface area contributed by atoms with Gasteiger partial charge in [-0.15, -0.1) is 0 Å². The molecule has 0 spiro atoms. The Labute approximate surface area is 155 Å². The Morgan fingerprint density at radius 2 is 1.50 bits per heavy atom. The molecule has 3 rings (SSSR count). The van der Waals surface area contributed by atoms with Gasteiger partial charge in [0.2, 0.25) is 10.0 Å². The summed E-state index contributed by atoms with van der Waals surface area (Å²) in [6.07, 6.45) is 1.07. The van der Waals surface area contributed by atoms with Crippen molar-refractivity contribution in [1.29, 1.82) is 0 Å². The summed E-state index contributed by atoms with van der Waals surface area (Å²) >= 11 is 0. The molecule has 2 aromatic rings. The molecule has 0 unspecified atom stereocenters. The number of sulfonamides is 1. The van der Waals surface area contributed by atoms with Crippen LogP contribution in [0.3, 0.4) is 0 Å². The number of benzene rings is 2. The van der Waals surface area contributed by atoms with Crippen molar-refractivity contribution < 1.29 is 13.5 Å². The maximum atomic E-state index is 12.5. The van der Waals surface area contributed by atoms with Crippen molar-refractivity contribution in [2.24, 2.45) is 0 Å². The molecule has 1 aliphatic rings. The summed E-state index contributed by atoms with van der Waals surface area (Å²) in [5.41, 5.74) is 1.74. The summed E-state index contributed by atoms with van der Waals surface area (Å²) in [5, 5.41) is 11.6. The van der Waals surface area contributed by atoms with Gasteiger partial charge in [-0.05, 0) is 17.2 Å². The summed E-state index contributed by atoms with van der Waals surface area (Å²) in [6.45, 7) is 2.61. The second kappa shape index (κ2) is 8.60. The number of hydrogen-bond donors (Lipinski definition) is 1. The molecule has 0 aliphatic carbocycles. The van der Waals surface area contributed by atoms with Gasteiger partial charge in [-0.3, -0.25) is 4.90 Å². The lowest BCUT2D eigenvalue weighted by molar-refractivity contribution is 0.0923. The topological polar surface area (TPSA) is 60.9 Å². The molecule has 0 aromatic heterocycles. The molecule has 0 saturated carbocycles. The molecule has 1 saturated heterocycles. The highest BCUT2D eigenvalue weighted by Crippen LogP contribution is 2.16. The van der Waals surface area contributed by atoms with Gasteiger partial charge in [0.15, 0.2) is 0 Å². The van der Waals surface area contributed by atoms with E-state index in [-0.39, 0.29) is 0 Å². The van der Waals surface area contributed by atoms with Crippen molar-refractivity contribution in [3.63, 3.8) is 0 Å². The van der Waals surface area contributed by atoms with E-state index in [0.717, 1.165) is 11.1 Å². The van der Waals surface area contributed by atoms with Crippen LogP contribution in [0.4, 0.5) is 0 Å². The molecular weight excluding hydrogens is 348 g/mol. The van der Waals surface area contributed by atoms with E-state index in [1.165, 1.54) is 9.71 Å². The Morgan fingerprint density at radius 1 is 0.923 bits per heavy atom. The van der Waals surface area contributed by atoms with E-state index in [0.29, 0.717) is 32.7 Å². The molecule has 6 heteroatoms. The molecule has 2 aromatic carbocycles. The molecule has 1 fully saturated rings. The highest BCUT2D eigenvalue weighted by atomic mass is 32.2. The van der Waals surface area contributed by atoms with Crippen molar-refractivity contribution in [1.82, 2.24) is 9.21 Å². The minimum atomic E-state index is -3.42. The first-order valence-electron chi connectivity index (χ1n) is 8.73. The van der Waals surface area contributed by atoms with E-state index in [4.69, 9.17) is 0 Å². The molecule has 1 heterocycles. The van der Waals surface area contributed by atoms with E-state index < -0.39 is 16.1 Å². The van der Waals surface area contributed by atoms with E-state index in [1.807, 2.05) is 60.7 Å². The third-order valence-corrected chi connectivity index (χ3v) is 6.10. The normalized spacial score (nSPS) is 18.2. The Balaban J connectivity index is 1.53. The molecule has 1 aliphatic heterocycles. The first-order valence-corrected chi connectivity index (χ1v) is 10.2. The third-order valence-electron chi connectivity index (χ3n) is 4.54. The number of aliphatic hydroxyl groups is 1. The molecule has 5 nitrogen and oxygen atoms in total. The van der Waals surface area contributed by atoms with Crippen LogP contribution >= 0.6 is 0 Å². The van der Waals surface area contributed by atoms with Crippen LogP contribution in [0.25, 0.3) is 6.08 Å². The molecule has 0 amide bonds. The Hall–Kier alpha value is -1.99. The zero-order valence-electron chi connectivity index (χ0n) is 14.6. The predicted octanol–water partition coefficient (Wildman–Crippen LogP) is 2.34. The van der Waals surface area contributed by atoms with Crippen LogP contribution in [0.15, 0.2) is 66.1 Å². The highest BCUT2D eigenvalue weighted by Gasteiger charge is 2.26. The summed E-state index contributed by atoms with van der Waals surface area (Å²) < 4.78 is 26.5. The fourth-order valence-electron chi connectivity index (χ4n) is 3.01. The smallest absolute Gasteiger partial charge is 0.236 e. The zero-order chi connectivity index (χ0) is 18.4. The number of rotatable bonds is 6. The number of β-amino-alcohol motifs (C(OH)–C–C–N with tert-alkyl or cyclic N) is 1. The Morgan fingerprint density at radius 3 is 2.12 bits per heavy atom. The first kappa shape index (κ1) is 18.8. The predicted molar refractivity (Wildman–Crippen MR) is 104 cm³/mol. The van der Waals surface area contributed by atoms with Gasteiger partial charge in [0.05, 0.1) is 6.10 Å². The molecule has 0 radical (unpaired) electrons. The number of aliphatic hydroxyl groups excluding tert-OH is 1. The van der Waals surface area contributed by atoms with E-state index in [1.54, 1.807) is 6.08 Å².